The molecule has 28 heavy (non-hydrogen) atoms. The minimum atomic E-state index is -0.539. The van der Waals surface area contributed by atoms with Crippen LogP contribution < -0.4 is 15.8 Å². The Morgan fingerprint density at radius 1 is 1.04 bits per heavy atom. The Bertz CT molecular complexity index is 1080. The van der Waals surface area contributed by atoms with E-state index in [1.54, 1.807) is 25.6 Å². The monoisotopic (exact) mass is 378 g/mol. The molecule has 1 aliphatic rings. The zero-order valence-corrected chi connectivity index (χ0v) is 16.7. The molecule has 3 heterocycles. The first kappa shape index (κ1) is 18.7. The third-order valence-corrected chi connectivity index (χ3v) is 5.65. The zero-order valence-electron chi connectivity index (χ0n) is 16.7. The summed E-state index contributed by atoms with van der Waals surface area (Å²) in [5.74, 6) is 1.13. The molecule has 0 radical (unpaired) electrons. The van der Waals surface area contributed by atoms with Gasteiger partial charge in [0.15, 0.2) is 0 Å². The number of benzene rings is 1. The van der Waals surface area contributed by atoms with Crippen LogP contribution in [0.5, 0.6) is 5.75 Å². The highest BCUT2D eigenvalue weighted by Crippen LogP contribution is 2.36. The van der Waals surface area contributed by atoms with Crippen LogP contribution in [0.3, 0.4) is 0 Å². The van der Waals surface area contributed by atoms with Crippen LogP contribution in [0.2, 0.25) is 0 Å². The second-order valence-corrected chi connectivity index (χ2v) is 7.95. The second-order valence-electron chi connectivity index (χ2n) is 7.95. The SMILES string of the molecule is COc1cn(-c2ccccn2)c(=O)c2cc(B3OC(C)(C)C(C)(C)O3)ccc12. The van der Waals surface area contributed by atoms with Gasteiger partial charge in [0.1, 0.15) is 11.6 Å². The molecule has 0 aliphatic carbocycles. The zero-order chi connectivity index (χ0) is 20.1. The van der Waals surface area contributed by atoms with Gasteiger partial charge in [0, 0.05) is 11.6 Å². The summed E-state index contributed by atoms with van der Waals surface area (Å²) in [6.07, 6.45) is 3.32. The quantitative estimate of drug-likeness (QED) is 0.656. The summed E-state index contributed by atoms with van der Waals surface area (Å²) < 4.78 is 19.3. The Kier molecular flexibility index (Phi) is 4.32. The minimum Gasteiger partial charge on any atom is -0.495 e. The van der Waals surface area contributed by atoms with Crippen LogP contribution >= 0.6 is 0 Å². The smallest absolute Gasteiger partial charge is 0.494 e. The highest BCUT2D eigenvalue weighted by atomic mass is 16.7. The predicted octanol–water partition coefficient (Wildman–Crippen LogP) is 2.69. The van der Waals surface area contributed by atoms with Gasteiger partial charge in [0.2, 0.25) is 0 Å². The molecule has 0 bridgehead atoms. The van der Waals surface area contributed by atoms with Crippen molar-refractivity contribution in [1.82, 2.24) is 9.55 Å². The Morgan fingerprint density at radius 2 is 1.75 bits per heavy atom. The van der Waals surface area contributed by atoms with Gasteiger partial charge in [-0.05, 0) is 51.4 Å². The molecule has 1 fully saturated rings. The van der Waals surface area contributed by atoms with Crippen molar-refractivity contribution in [3.05, 3.63) is 59.1 Å². The van der Waals surface area contributed by atoms with Crippen molar-refractivity contribution in [2.75, 3.05) is 7.11 Å². The molecule has 4 rings (SSSR count). The molecule has 1 aromatic carbocycles. The van der Waals surface area contributed by atoms with E-state index in [-0.39, 0.29) is 5.56 Å². The van der Waals surface area contributed by atoms with E-state index in [0.29, 0.717) is 17.0 Å². The molecule has 1 aliphatic heterocycles. The fraction of sp³-hybridized carbons (Fsp3) is 0.333. The van der Waals surface area contributed by atoms with Crippen LogP contribution in [0, 0.1) is 0 Å². The van der Waals surface area contributed by atoms with E-state index in [1.807, 2.05) is 58.0 Å². The Balaban J connectivity index is 1.88. The lowest BCUT2D eigenvalue weighted by Crippen LogP contribution is -2.41. The number of aromatic nitrogens is 2. The van der Waals surface area contributed by atoms with Crippen LogP contribution in [-0.4, -0.2) is 35.0 Å². The van der Waals surface area contributed by atoms with Crippen LogP contribution in [0.1, 0.15) is 27.7 Å². The second kappa shape index (κ2) is 6.46. The number of ether oxygens (including phenoxy) is 1. The first-order valence-corrected chi connectivity index (χ1v) is 9.24. The first-order chi connectivity index (χ1) is 13.2. The number of fused-ring (bicyclic) bond motifs is 1. The molecular formula is C21H23BN2O4. The summed E-state index contributed by atoms with van der Waals surface area (Å²) in [6, 6.07) is 11.0. The average molecular weight is 378 g/mol. The molecule has 2 aromatic heterocycles. The van der Waals surface area contributed by atoms with Crippen molar-refractivity contribution < 1.29 is 14.0 Å². The summed E-state index contributed by atoms with van der Waals surface area (Å²) in [6.45, 7) is 8.02. The van der Waals surface area contributed by atoms with E-state index in [4.69, 9.17) is 14.0 Å². The largest absolute Gasteiger partial charge is 0.495 e. The fourth-order valence-electron chi connectivity index (χ4n) is 3.28. The van der Waals surface area contributed by atoms with Crippen molar-refractivity contribution in [1.29, 1.82) is 0 Å². The molecule has 0 unspecified atom stereocenters. The molecule has 1 saturated heterocycles. The third kappa shape index (κ3) is 2.91. The van der Waals surface area contributed by atoms with Crippen LogP contribution in [0.15, 0.2) is 53.6 Å². The van der Waals surface area contributed by atoms with Gasteiger partial charge in [-0.1, -0.05) is 18.2 Å². The van der Waals surface area contributed by atoms with Crippen molar-refractivity contribution >= 4 is 23.4 Å². The highest BCUT2D eigenvalue weighted by Gasteiger charge is 2.51. The van der Waals surface area contributed by atoms with Gasteiger partial charge in [-0.3, -0.25) is 9.36 Å². The normalized spacial score (nSPS) is 17.8. The van der Waals surface area contributed by atoms with Gasteiger partial charge >= 0.3 is 7.12 Å². The standard InChI is InChI=1S/C21H23BN2O4/c1-20(2)21(3,4)28-22(27-20)14-9-10-15-16(12-14)19(25)24(13-17(15)26-5)18-8-6-7-11-23-18/h6-13H,1-5H3. The van der Waals surface area contributed by atoms with E-state index in [0.717, 1.165) is 10.8 Å². The van der Waals surface area contributed by atoms with Crippen LogP contribution in [0.25, 0.3) is 16.6 Å². The number of hydrogen-bond donors (Lipinski definition) is 0. The number of hydrogen-bond acceptors (Lipinski definition) is 5. The molecule has 0 amide bonds. The molecular weight excluding hydrogens is 355 g/mol. The summed E-state index contributed by atoms with van der Waals surface area (Å²) in [5.41, 5.74) is -0.276. The maximum atomic E-state index is 13.2. The van der Waals surface area contributed by atoms with Crippen molar-refractivity contribution in [3.8, 4) is 11.6 Å². The highest BCUT2D eigenvalue weighted by molar-refractivity contribution is 6.62. The Hall–Kier alpha value is -2.64. The summed E-state index contributed by atoms with van der Waals surface area (Å²) in [7, 11) is 1.05. The lowest BCUT2D eigenvalue weighted by atomic mass is 9.78. The van der Waals surface area contributed by atoms with Gasteiger partial charge in [0.05, 0.1) is 29.9 Å². The lowest BCUT2D eigenvalue weighted by Gasteiger charge is -2.32. The van der Waals surface area contributed by atoms with E-state index >= 15 is 0 Å². The van der Waals surface area contributed by atoms with E-state index in [1.165, 1.54) is 4.57 Å². The Labute approximate surface area is 164 Å². The summed E-state index contributed by atoms with van der Waals surface area (Å²) >= 11 is 0. The molecule has 0 spiro atoms. The number of nitrogens with zero attached hydrogens (tertiary/aromatic N) is 2. The van der Waals surface area contributed by atoms with Gasteiger partial charge < -0.3 is 14.0 Å². The number of rotatable bonds is 3. The molecule has 0 atom stereocenters. The number of methoxy groups -OCH3 is 1. The van der Waals surface area contributed by atoms with E-state index in [2.05, 4.69) is 4.98 Å². The van der Waals surface area contributed by atoms with Gasteiger partial charge in [-0.25, -0.2) is 4.98 Å². The van der Waals surface area contributed by atoms with Gasteiger partial charge in [0.25, 0.3) is 5.56 Å². The fourth-order valence-corrected chi connectivity index (χ4v) is 3.28. The van der Waals surface area contributed by atoms with Gasteiger partial charge in [-0.2, -0.15) is 0 Å². The minimum absolute atomic E-state index is 0.173. The third-order valence-electron chi connectivity index (χ3n) is 5.65. The summed E-state index contributed by atoms with van der Waals surface area (Å²) in [4.78, 5) is 17.5. The average Bonchev–Trinajstić information content (AvgIpc) is 2.90. The van der Waals surface area contributed by atoms with Crippen molar-refractivity contribution in [3.63, 3.8) is 0 Å². The molecule has 6 nitrogen and oxygen atoms in total. The maximum Gasteiger partial charge on any atom is 0.494 e. The Morgan fingerprint density at radius 3 is 2.36 bits per heavy atom. The van der Waals surface area contributed by atoms with Crippen LogP contribution in [-0.2, 0) is 9.31 Å². The van der Waals surface area contributed by atoms with E-state index < -0.39 is 18.3 Å². The number of pyridine rings is 2. The molecule has 0 saturated carbocycles. The van der Waals surface area contributed by atoms with Crippen molar-refractivity contribution in [2.24, 2.45) is 0 Å². The predicted molar refractivity (Wildman–Crippen MR) is 110 cm³/mol. The molecule has 7 heteroatoms. The first-order valence-electron chi connectivity index (χ1n) is 9.24. The van der Waals surface area contributed by atoms with Gasteiger partial charge in [-0.15, -0.1) is 0 Å². The molecule has 144 valence electrons. The summed E-state index contributed by atoms with van der Waals surface area (Å²) in [5, 5.41) is 1.26. The maximum absolute atomic E-state index is 13.2. The van der Waals surface area contributed by atoms with Crippen molar-refractivity contribution in [2.45, 2.75) is 38.9 Å². The topological polar surface area (TPSA) is 62.6 Å². The van der Waals surface area contributed by atoms with Crippen LogP contribution in [0.4, 0.5) is 0 Å². The molecule has 0 N–H and O–H groups in total. The molecule has 3 aromatic rings. The lowest BCUT2D eigenvalue weighted by molar-refractivity contribution is 0.00578. The van der Waals surface area contributed by atoms with E-state index in [9.17, 15) is 4.79 Å².